The van der Waals surface area contributed by atoms with Gasteiger partial charge in [0.1, 0.15) is 0 Å². The molecule has 0 bridgehead atoms. The molecule has 0 unspecified atom stereocenters. The Hall–Kier alpha value is 0.0225. The van der Waals surface area contributed by atoms with E-state index >= 15 is 0 Å². The third kappa shape index (κ3) is 18.0. The molecule has 50 valence electrons. The maximum atomic E-state index is 6.25. The van der Waals surface area contributed by atoms with Gasteiger partial charge in [-0.1, -0.05) is 0 Å². The second-order valence-electron chi connectivity index (χ2n) is 1.87. The van der Waals surface area contributed by atoms with Crippen LogP contribution in [0.5, 0.6) is 0 Å². The average molecular weight is 139 g/mol. The van der Waals surface area contributed by atoms with Crippen molar-refractivity contribution in [3.63, 3.8) is 0 Å². The molecule has 0 aromatic rings. The molecule has 0 atom stereocenters. The van der Waals surface area contributed by atoms with E-state index in [0.717, 1.165) is 15.2 Å². The molecule has 0 saturated carbocycles. The summed E-state index contributed by atoms with van der Waals surface area (Å²) in [6, 6.07) is 0. The van der Waals surface area contributed by atoms with E-state index < -0.39 is 0 Å². The minimum absolute atomic E-state index is 0.822. The van der Waals surface area contributed by atoms with Gasteiger partial charge in [-0.15, -0.1) is 0 Å². The van der Waals surface area contributed by atoms with E-state index in [4.69, 9.17) is 11.8 Å². The van der Waals surface area contributed by atoms with Crippen LogP contribution >= 0.6 is 0 Å². The summed E-state index contributed by atoms with van der Waals surface area (Å²) in [4.78, 5) is 0. The molecular formula is C7H14AlN. The molecule has 0 aliphatic heterocycles. The van der Waals surface area contributed by atoms with Gasteiger partial charge in [-0.3, -0.25) is 0 Å². The quantitative estimate of drug-likeness (QED) is 0.333. The molecule has 0 amide bonds. The topological polar surface area (TPSA) is 23.8 Å². The fourth-order valence-electron chi connectivity index (χ4n) is 0.553. The molecule has 0 fully saturated rings. The van der Waals surface area contributed by atoms with Gasteiger partial charge in [0, 0.05) is 0 Å². The maximum Gasteiger partial charge on any atom is -0.488 e. The number of rotatable bonds is 4. The van der Waals surface area contributed by atoms with Gasteiger partial charge in [-0.2, -0.15) is 0 Å². The van der Waals surface area contributed by atoms with E-state index in [2.05, 4.69) is 13.8 Å². The molecule has 2 heteroatoms. The molecule has 0 N–H and O–H groups in total. The predicted molar refractivity (Wildman–Crippen MR) is 40.9 cm³/mol. The van der Waals surface area contributed by atoms with E-state index in [-0.39, 0.29) is 0 Å². The first-order chi connectivity index (χ1) is 4.41. The molecule has 0 aliphatic rings. The van der Waals surface area contributed by atoms with E-state index in [9.17, 15) is 0 Å². The Kier molecular flexibility index (Phi) is 20.5. The predicted octanol–water partition coefficient (Wildman–Crippen LogP) is 2.44. The van der Waals surface area contributed by atoms with Crippen LogP contribution < -0.4 is 0 Å². The van der Waals surface area contributed by atoms with Crippen LogP contribution in [0.2, 0.25) is 10.6 Å². The summed E-state index contributed by atoms with van der Waals surface area (Å²) in [5, 5.41) is 9.27. The monoisotopic (exact) mass is 139 g/mol. The van der Waals surface area contributed by atoms with Crippen molar-refractivity contribution in [3.8, 4) is 0 Å². The van der Waals surface area contributed by atoms with E-state index in [0.29, 0.717) is 0 Å². The second kappa shape index (κ2) is 15.7. The Morgan fingerprint density at radius 3 is 1.67 bits per heavy atom. The van der Waals surface area contributed by atoms with Crippen molar-refractivity contribution >= 4 is 15.2 Å². The second-order valence-corrected chi connectivity index (χ2v) is 3.60. The first-order valence-corrected chi connectivity index (χ1v) is 5.09. The van der Waals surface area contributed by atoms with Crippen LogP contribution in [-0.2, 0) is 0 Å². The Bertz CT molecular complexity index is 48.1. The van der Waals surface area contributed by atoms with Crippen molar-refractivity contribution in [2.75, 3.05) is 0 Å². The minimum atomic E-state index is 0.822. The summed E-state index contributed by atoms with van der Waals surface area (Å²) in [5.74, 6) is 0. The van der Waals surface area contributed by atoms with Gasteiger partial charge in [0.15, 0.2) is 0 Å². The van der Waals surface area contributed by atoms with Gasteiger partial charge in [0.2, 0.25) is 0 Å². The summed E-state index contributed by atoms with van der Waals surface area (Å²) < 4.78 is 0. The third-order valence-corrected chi connectivity index (χ3v) is 2.96. The van der Waals surface area contributed by atoms with Gasteiger partial charge in [-0.25, -0.2) is 0 Å². The van der Waals surface area contributed by atoms with E-state index in [1.54, 1.807) is 0 Å². The van der Waals surface area contributed by atoms with Crippen molar-refractivity contribution in [1.82, 2.24) is 0 Å². The van der Waals surface area contributed by atoms with Crippen molar-refractivity contribution in [2.24, 2.45) is 0 Å². The Morgan fingerprint density at radius 1 is 1.11 bits per heavy atom. The normalized spacial score (nSPS) is 6.67. The molecule has 0 aliphatic carbocycles. The number of hydrogen-bond donors (Lipinski definition) is 0. The third-order valence-electron chi connectivity index (χ3n) is 0.986. The zero-order valence-corrected chi connectivity index (χ0v) is 7.51. The zero-order valence-electron chi connectivity index (χ0n) is 6.35. The fraction of sp³-hybridized carbons (Fsp3) is 0.857. The van der Waals surface area contributed by atoms with Crippen molar-refractivity contribution in [2.45, 2.75) is 37.3 Å². The van der Waals surface area contributed by atoms with Crippen LogP contribution in [-0.4, -0.2) is 15.2 Å². The molecule has 1 nitrogen and oxygen atoms in total. The standard InChI is InChI=1S/2C3H7.CN.Al/c2*1-3-2;1-2;/h2*1,3H2,2H3;;/q;;-1;+1. The molecular weight excluding hydrogens is 125 g/mol. The molecule has 0 saturated heterocycles. The van der Waals surface area contributed by atoms with Gasteiger partial charge in [0.05, 0.1) is 0 Å². The van der Waals surface area contributed by atoms with Gasteiger partial charge >= 0.3 is 52.5 Å². The van der Waals surface area contributed by atoms with Crippen LogP contribution in [0.3, 0.4) is 0 Å². The van der Waals surface area contributed by atoms with Crippen LogP contribution in [0.4, 0.5) is 0 Å². The summed E-state index contributed by atoms with van der Waals surface area (Å²) in [7, 11) is 0. The first kappa shape index (κ1) is 11.8. The van der Waals surface area contributed by atoms with Gasteiger partial charge in [0.25, 0.3) is 0 Å². The summed E-state index contributed by atoms with van der Waals surface area (Å²) in [6.07, 6.45) is 2.80. The van der Waals surface area contributed by atoms with Crippen molar-refractivity contribution in [1.29, 1.82) is 5.26 Å². The SMILES string of the molecule is CC[CH2][Al+][CH2]CC.[C-]#N. The van der Waals surface area contributed by atoms with Crippen LogP contribution in [0.15, 0.2) is 0 Å². The molecule has 0 heterocycles. The maximum absolute atomic E-state index is 6.25. The Morgan fingerprint density at radius 2 is 1.44 bits per heavy atom. The van der Waals surface area contributed by atoms with Crippen molar-refractivity contribution < 1.29 is 0 Å². The summed E-state index contributed by atoms with van der Waals surface area (Å²) in [6.45, 7) is 9.28. The van der Waals surface area contributed by atoms with Crippen molar-refractivity contribution in [3.05, 3.63) is 6.57 Å². The largest absolute Gasteiger partial charge is 0.512 e. The Balaban J connectivity index is 0. The average Bonchev–Trinajstić information content (AvgIpc) is 1.94. The molecule has 0 rings (SSSR count). The molecule has 0 aromatic heterocycles. The van der Waals surface area contributed by atoms with Crippen LogP contribution in [0.1, 0.15) is 26.7 Å². The molecule has 0 aromatic carbocycles. The Labute approximate surface area is 64.8 Å². The van der Waals surface area contributed by atoms with Crippen LogP contribution in [0, 0.1) is 11.8 Å². The smallest absolute Gasteiger partial charge is 0.488 e. The zero-order chi connectivity index (χ0) is 7.54. The minimum Gasteiger partial charge on any atom is -0.512 e. The van der Waals surface area contributed by atoms with Gasteiger partial charge < -0.3 is 11.8 Å². The number of hydrogen-bond acceptors (Lipinski definition) is 1. The van der Waals surface area contributed by atoms with Gasteiger partial charge in [-0.05, 0) is 0 Å². The molecule has 0 spiro atoms. The fourth-order valence-corrected chi connectivity index (χ4v) is 1.66. The summed E-state index contributed by atoms with van der Waals surface area (Å²) in [5.41, 5.74) is 0. The van der Waals surface area contributed by atoms with E-state index in [1.165, 1.54) is 23.4 Å². The summed E-state index contributed by atoms with van der Waals surface area (Å²) >= 11 is 0.822. The van der Waals surface area contributed by atoms with E-state index in [1.807, 2.05) is 0 Å². The number of nitrogens with zero attached hydrogens (tertiary/aromatic N) is 1. The van der Waals surface area contributed by atoms with Crippen LogP contribution in [0.25, 0.3) is 0 Å². The molecule has 0 radical (unpaired) electrons. The first-order valence-electron chi connectivity index (χ1n) is 3.45. The molecule has 9 heavy (non-hydrogen) atoms.